The Kier molecular flexibility index (Phi) is 5.05. The standard InChI is InChI=1S/C18H24O4S/c1-2-21-13-6-7-15-14(10-13)16(23-12-17(19)20)11-18(22-15)8-4-3-5-9-18/h6-7,10,16H,2-5,8-9,11-12H2,1H3,(H,19,20). The maximum atomic E-state index is 11.0. The highest BCUT2D eigenvalue weighted by Crippen LogP contribution is 2.51. The Bertz CT molecular complexity index is 566. The molecule has 1 atom stereocenters. The van der Waals surface area contributed by atoms with Crippen LogP contribution in [0.3, 0.4) is 0 Å². The van der Waals surface area contributed by atoms with Gasteiger partial charge in [-0.05, 0) is 50.8 Å². The summed E-state index contributed by atoms with van der Waals surface area (Å²) in [6.07, 6.45) is 6.71. The van der Waals surface area contributed by atoms with E-state index in [1.54, 1.807) is 0 Å². The first-order valence-electron chi connectivity index (χ1n) is 8.41. The fourth-order valence-corrected chi connectivity index (χ4v) is 4.80. The van der Waals surface area contributed by atoms with Gasteiger partial charge in [0, 0.05) is 17.2 Å². The predicted octanol–water partition coefficient (Wildman–Crippen LogP) is 4.43. The molecule has 23 heavy (non-hydrogen) atoms. The number of carboxylic acid groups (broad SMARTS) is 1. The number of hydrogen-bond donors (Lipinski definition) is 1. The van der Waals surface area contributed by atoms with E-state index < -0.39 is 5.97 Å². The number of carbonyl (C=O) groups is 1. The molecule has 126 valence electrons. The fourth-order valence-electron chi connectivity index (χ4n) is 3.67. The molecule has 1 fully saturated rings. The van der Waals surface area contributed by atoms with Crippen molar-refractivity contribution in [3.05, 3.63) is 23.8 Å². The Morgan fingerprint density at radius 1 is 1.39 bits per heavy atom. The van der Waals surface area contributed by atoms with Gasteiger partial charge in [-0.1, -0.05) is 6.42 Å². The van der Waals surface area contributed by atoms with Crippen molar-refractivity contribution in [3.63, 3.8) is 0 Å². The minimum atomic E-state index is -0.762. The average molecular weight is 336 g/mol. The second-order valence-electron chi connectivity index (χ2n) is 6.38. The van der Waals surface area contributed by atoms with E-state index in [0.29, 0.717) is 6.61 Å². The molecule has 0 bridgehead atoms. The van der Waals surface area contributed by atoms with Gasteiger partial charge in [-0.3, -0.25) is 4.79 Å². The minimum Gasteiger partial charge on any atom is -0.494 e. The number of aliphatic carboxylic acids is 1. The molecular formula is C18H24O4S. The molecule has 1 N–H and O–H groups in total. The molecule has 1 aromatic carbocycles. The van der Waals surface area contributed by atoms with Crippen LogP contribution in [0.2, 0.25) is 0 Å². The number of carboxylic acids is 1. The van der Waals surface area contributed by atoms with Crippen molar-refractivity contribution in [2.75, 3.05) is 12.4 Å². The summed E-state index contributed by atoms with van der Waals surface area (Å²) in [5.41, 5.74) is 0.979. The summed E-state index contributed by atoms with van der Waals surface area (Å²) in [6.45, 7) is 2.58. The summed E-state index contributed by atoms with van der Waals surface area (Å²) < 4.78 is 12.0. The molecule has 0 aromatic heterocycles. The van der Waals surface area contributed by atoms with Crippen molar-refractivity contribution in [3.8, 4) is 11.5 Å². The Hall–Kier alpha value is -1.36. The molecule has 1 saturated carbocycles. The van der Waals surface area contributed by atoms with Crippen molar-refractivity contribution >= 4 is 17.7 Å². The zero-order chi connectivity index (χ0) is 16.3. The monoisotopic (exact) mass is 336 g/mol. The summed E-state index contributed by atoms with van der Waals surface area (Å²) in [5.74, 6) is 1.10. The van der Waals surface area contributed by atoms with Gasteiger partial charge in [-0.2, -0.15) is 0 Å². The number of hydrogen-bond acceptors (Lipinski definition) is 4. The highest BCUT2D eigenvalue weighted by molar-refractivity contribution is 8.00. The smallest absolute Gasteiger partial charge is 0.313 e. The van der Waals surface area contributed by atoms with E-state index in [1.165, 1.54) is 31.0 Å². The van der Waals surface area contributed by atoms with Gasteiger partial charge in [0.1, 0.15) is 17.1 Å². The number of rotatable bonds is 5. The summed E-state index contributed by atoms with van der Waals surface area (Å²) in [6, 6.07) is 5.96. The molecule has 0 saturated heterocycles. The molecule has 1 aliphatic heterocycles. The number of fused-ring (bicyclic) bond motifs is 1. The maximum absolute atomic E-state index is 11.0. The SMILES string of the molecule is CCOc1ccc2c(c1)C(SCC(=O)O)CC1(CCCCC1)O2. The van der Waals surface area contributed by atoms with E-state index in [-0.39, 0.29) is 16.6 Å². The van der Waals surface area contributed by atoms with Crippen LogP contribution in [-0.4, -0.2) is 29.0 Å². The molecule has 1 aliphatic carbocycles. The van der Waals surface area contributed by atoms with Crippen molar-refractivity contribution in [2.45, 2.75) is 56.3 Å². The Balaban J connectivity index is 1.88. The van der Waals surface area contributed by atoms with E-state index in [0.717, 1.165) is 36.3 Å². The molecular weight excluding hydrogens is 312 g/mol. The summed E-state index contributed by atoms with van der Waals surface area (Å²) in [4.78, 5) is 11.0. The zero-order valence-corrected chi connectivity index (χ0v) is 14.4. The van der Waals surface area contributed by atoms with E-state index >= 15 is 0 Å². The normalized spacial score (nSPS) is 22.2. The number of thioether (sulfide) groups is 1. The molecule has 0 amide bonds. The van der Waals surface area contributed by atoms with E-state index in [1.807, 2.05) is 25.1 Å². The maximum Gasteiger partial charge on any atom is 0.313 e. The number of ether oxygens (including phenoxy) is 2. The molecule has 0 radical (unpaired) electrons. The third kappa shape index (κ3) is 3.77. The van der Waals surface area contributed by atoms with E-state index in [2.05, 4.69) is 0 Å². The first-order chi connectivity index (χ1) is 11.1. The van der Waals surface area contributed by atoms with E-state index in [9.17, 15) is 4.79 Å². The van der Waals surface area contributed by atoms with Gasteiger partial charge in [0.25, 0.3) is 0 Å². The minimum absolute atomic E-state index is 0.103. The molecule has 1 heterocycles. The molecule has 1 unspecified atom stereocenters. The zero-order valence-electron chi connectivity index (χ0n) is 13.5. The van der Waals surface area contributed by atoms with Gasteiger partial charge >= 0.3 is 5.97 Å². The second-order valence-corrected chi connectivity index (χ2v) is 7.57. The molecule has 5 heteroatoms. The lowest BCUT2D eigenvalue weighted by Gasteiger charge is -2.44. The first-order valence-corrected chi connectivity index (χ1v) is 9.46. The predicted molar refractivity (Wildman–Crippen MR) is 91.5 cm³/mol. The third-order valence-corrected chi connectivity index (χ3v) is 5.93. The van der Waals surface area contributed by atoms with Crippen LogP contribution in [0.4, 0.5) is 0 Å². The Morgan fingerprint density at radius 3 is 2.87 bits per heavy atom. The molecule has 1 spiro atoms. The van der Waals surface area contributed by atoms with Crippen LogP contribution < -0.4 is 9.47 Å². The van der Waals surface area contributed by atoms with Gasteiger partial charge in [0.2, 0.25) is 0 Å². The van der Waals surface area contributed by atoms with Gasteiger partial charge in [-0.15, -0.1) is 11.8 Å². The van der Waals surface area contributed by atoms with Gasteiger partial charge in [-0.25, -0.2) is 0 Å². The highest BCUT2D eigenvalue weighted by atomic mass is 32.2. The lowest BCUT2D eigenvalue weighted by Crippen LogP contribution is -2.42. The molecule has 4 nitrogen and oxygen atoms in total. The quantitative estimate of drug-likeness (QED) is 0.862. The van der Waals surface area contributed by atoms with Crippen LogP contribution in [0.25, 0.3) is 0 Å². The Morgan fingerprint density at radius 2 is 2.17 bits per heavy atom. The fraction of sp³-hybridized carbons (Fsp3) is 0.611. The van der Waals surface area contributed by atoms with Crippen LogP contribution in [0.15, 0.2) is 18.2 Å². The summed E-state index contributed by atoms with van der Waals surface area (Å²) in [5, 5.41) is 9.22. The summed E-state index contributed by atoms with van der Waals surface area (Å²) >= 11 is 1.51. The van der Waals surface area contributed by atoms with Crippen molar-refractivity contribution in [1.82, 2.24) is 0 Å². The molecule has 2 aliphatic rings. The highest BCUT2D eigenvalue weighted by Gasteiger charge is 2.42. The van der Waals surface area contributed by atoms with Gasteiger partial charge in [0.05, 0.1) is 12.4 Å². The lowest BCUT2D eigenvalue weighted by atomic mass is 9.78. The topological polar surface area (TPSA) is 55.8 Å². The van der Waals surface area contributed by atoms with Crippen LogP contribution >= 0.6 is 11.8 Å². The Labute approximate surface area is 141 Å². The average Bonchev–Trinajstić information content (AvgIpc) is 2.54. The summed E-state index contributed by atoms with van der Waals surface area (Å²) in [7, 11) is 0. The van der Waals surface area contributed by atoms with Crippen LogP contribution in [0, 0.1) is 0 Å². The van der Waals surface area contributed by atoms with Crippen molar-refractivity contribution in [1.29, 1.82) is 0 Å². The second kappa shape index (κ2) is 7.04. The van der Waals surface area contributed by atoms with Crippen LogP contribution in [0.5, 0.6) is 11.5 Å². The van der Waals surface area contributed by atoms with Crippen LogP contribution in [0.1, 0.15) is 56.3 Å². The lowest BCUT2D eigenvalue weighted by molar-refractivity contribution is -0.133. The number of benzene rings is 1. The van der Waals surface area contributed by atoms with Crippen LogP contribution in [-0.2, 0) is 4.79 Å². The van der Waals surface area contributed by atoms with Crippen molar-refractivity contribution < 1.29 is 19.4 Å². The van der Waals surface area contributed by atoms with E-state index in [4.69, 9.17) is 14.6 Å². The van der Waals surface area contributed by atoms with Crippen molar-refractivity contribution in [2.24, 2.45) is 0 Å². The largest absolute Gasteiger partial charge is 0.494 e. The van der Waals surface area contributed by atoms with Gasteiger partial charge in [0.15, 0.2) is 0 Å². The molecule has 1 aromatic rings. The third-order valence-electron chi connectivity index (χ3n) is 4.70. The van der Waals surface area contributed by atoms with Gasteiger partial charge < -0.3 is 14.6 Å². The first kappa shape index (κ1) is 16.5. The molecule has 3 rings (SSSR count).